The quantitative estimate of drug-likeness (QED) is 0.312. The number of aromatic carboxylic acids is 1. The smallest absolute Gasteiger partial charge is 0.335 e. The fourth-order valence-electron chi connectivity index (χ4n) is 3.84. The second-order valence-corrected chi connectivity index (χ2v) is 9.69. The minimum atomic E-state index is -3.74. The number of hydrogen-bond acceptors (Lipinski definition) is 3. The lowest BCUT2D eigenvalue weighted by atomic mass is 10.0. The molecule has 0 amide bonds. The predicted molar refractivity (Wildman–Crippen MR) is 135 cm³/mol. The van der Waals surface area contributed by atoms with Crippen LogP contribution in [0.25, 0.3) is 11.1 Å². The van der Waals surface area contributed by atoms with Gasteiger partial charge in [-0.2, -0.15) is 0 Å². The number of para-hydroxylation sites is 1. The lowest BCUT2D eigenvalue weighted by Crippen LogP contribution is -2.14. The van der Waals surface area contributed by atoms with Gasteiger partial charge in [0.1, 0.15) is 0 Å². The molecular weight excluding hydrogens is 446 g/mol. The normalized spacial score (nSPS) is 11.2. The largest absolute Gasteiger partial charge is 0.478 e. The van der Waals surface area contributed by atoms with Crippen LogP contribution in [-0.4, -0.2) is 19.5 Å². The summed E-state index contributed by atoms with van der Waals surface area (Å²) < 4.78 is 28.8. The minimum Gasteiger partial charge on any atom is -0.478 e. The Morgan fingerprint density at radius 3 is 2.15 bits per heavy atom. The summed E-state index contributed by atoms with van der Waals surface area (Å²) in [7, 11) is -3.74. The molecule has 172 valence electrons. The van der Waals surface area contributed by atoms with Crippen molar-refractivity contribution in [3.8, 4) is 11.1 Å². The first-order valence-electron chi connectivity index (χ1n) is 11.0. The molecule has 0 saturated heterocycles. The number of hydrogen-bond donors (Lipinski definition) is 2. The number of benzene rings is 4. The average Bonchev–Trinajstić information content (AvgIpc) is 2.86. The molecular formula is C28H25NO4S. The highest BCUT2D eigenvalue weighted by atomic mass is 32.2. The Bertz CT molecular complexity index is 1380. The Balaban J connectivity index is 1.45. The summed E-state index contributed by atoms with van der Waals surface area (Å²) in [4.78, 5) is 11.4. The van der Waals surface area contributed by atoms with E-state index >= 15 is 0 Å². The molecule has 2 N–H and O–H groups in total. The molecule has 0 aromatic heterocycles. The van der Waals surface area contributed by atoms with Crippen molar-refractivity contribution in [2.45, 2.75) is 24.2 Å². The number of anilines is 1. The Hall–Kier alpha value is -3.90. The van der Waals surface area contributed by atoms with Crippen molar-refractivity contribution < 1.29 is 18.3 Å². The van der Waals surface area contributed by atoms with Crippen LogP contribution in [0.3, 0.4) is 0 Å². The van der Waals surface area contributed by atoms with Crippen LogP contribution in [0.1, 0.15) is 27.9 Å². The molecule has 0 saturated carbocycles. The third-order valence-corrected chi connectivity index (χ3v) is 7.00. The van der Waals surface area contributed by atoms with Gasteiger partial charge in [-0.05, 0) is 71.8 Å². The molecule has 0 aliphatic carbocycles. The first kappa shape index (κ1) is 23.3. The second kappa shape index (κ2) is 10.4. The van der Waals surface area contributed by atoms with Crippen LogP contribution >= 0.6 is 0 Å². The Morgan fingerprint density at radius 1 is 0.735 bits per heavy atom. The first-order chi connectivity index (χ1) is 16.4. The van der Waals surface area contributed by atoms with E-state index in [1.807, 2.05) is 48.5 Å². The molecule has 0 fully saturated rings. The minimum absolute atomic E-state index is 0.201. The zero-order valence-electron chi connectivity index (χ0n) is 18.5. The van der Waals surface area contributed by atoms with Crippen LogP contribution in [-0.2, 0) is 22.9 Å². The van der Waals surface area contributed by atoms with Gasteiger partial charge in [-0.25, -0.2) is 13.2 Å². The van der Waals surface area contributed by atoms with E-state index in [-0.39, 0.29) is 10.5 Å². The molecule has 0 unspecified atom stereocenters. The molecule has 0 aliphatic rings. The summed E-state index contributed by atoms with van der Waals surface area (Å²) in [5.74, 6) is -0.946. The van der Waals surface area contributed by atoms with E-state index in [0.717, 1.165) is 28.7 Å². The van der Waals surface area contributed by atoms with E-state index in [9.17, 15) is 13.2 Å². The fourth-order valence-corrected chi connectivity index (χ4v) is 4.94. The number of aryl methyl sites for hydroxylation is 2. The van der Waals surface area contributed by atoms with Gasteiger partial charge in [-0.1, -0.05) is 72.8 Å². The summed E-state index contributed by atoms with van der Waals surface area (Å²) in [5, 5.41) is 9.16. The maximum Gasteiger partial charge on any atom is 0.335 e. The summed E-state index contributed by atoms with van der Waals surface area (Å²) in [6, 6.07) is 30.9. The van der Waals surface area contributed by atoms with E-state index in [4.69, 9.17) is 5.11 Å². The molecule has 6 heteroatoms. The molecule has 5 nitrogen and oxygen atoms in total. The summed E-state index contributed by atoms with van der Waals surface area (Å²) in [6.45, 7) is 0. The monoisotopic (exact) mass is 471 g/mol. The zero-order chi connectivity index (χ0) is 24.0. The van der Waals surface area contributed by atoms with Gasteiger partial charge in [0.25, 0.3) is 10.0 Å². The maximum absolute atomic E-state index is 13.0. The highest BCUT2D eigenvalue weighted by molar-refractivity contribution is 7.92. The number of nitrogens with one attached hydrogen (secondary N) is 1. The number of sulfonamides is 1. The lowest BCUT2D eigenvalue weighted by Gasteiger charge is -2.13. The molecule has 0 bridgehead atoms. The highest BCUT2D eigenvalue weighted by Crippen LogP contribution is 2.25. The number of carboxylic acids is 1. The number of carboxylic acid groups (broad SMARTS) is 1. The summed E-state index contributed by atoms with van der Waals surface area (Å²) >= 11 is 0. The Labute approximate surface area is 199 Å². The van der Waals surface area contributed by atoms with Crippen molar-refractivity contribution >= 4 is 21.7 Å². The number of rotatable bonds is 9. The van der Waals surface area contributed by atoms with Gasteiger partial charge in [0.15, 0.2) is 0 Å². The number of carbonyl (C=O) groups is 1. The van der Waals surface area contributed by atoms with E-state index in [1.54, 1.807) is 54.6 Å². The molecule has 4 aromatic carbocycles. The van der Waals surface area contributed by atoms with Crippen LogP contribution in [0.2, 0.25) is 0 Å². The van der Waals surface area contributed by atoms with Crippen molar-refractivity contribution in [1.29, 1.82) is 0 Å². The van der Waals surface area contributed by atoms with Crippen LogP contribution < -0.4 is 4.72 Å². The van der Waals surface area contributed by atoms with Gasteiger partial charge in [0, 0.05) is 0 Å². The lowest BCUT2D eigenvalue weighted by molar-refractivity contribution is 0.0696. The van der Waals surface area contributed by atoms with E-state index in [2.05, 4.69) is 4.72 Å². The van der Waals surface area contributed by atoms with Gasteiger partial charge in [0.05, 0.1) is 16.1 Å². The summed E-state index contributed by atoms with van der Waals surface area (Å²) in [5.41, 5.74) is 4.63. The fraction of sp³-hybridized carbons (Fsp3) is 0.107. The predicted octanol–water partition coefficient (Wildman–Crippen LogP) is 6.03. The highest BCUT2D eigenvalue weighted by Gasteiger charge is 2.16. The van der Waals surface area contributed by atoms with E-state index in [1.165, 1.54) is 0 Å². The standard InChI is InChI=1S/C28H25NO4S/c30-28(31)25-14-7-9-21(20-25)8-6-13-24-12-4-5-15-27(24)29-34(32,33)26-18-16-23(17-19-26)22-10-2-1-3-11-22/h1-5,7,9-12,14-20,29H,6,8,13H2,(H,30,31). The molecule has 34 heavy (non-hydrogen) atoms. The van der Waals surface area contributed by atoms with Crippen molar-refractivity contribution in [1.82, 2.24) is 0 Å². The molecule has 0 atom stereocenters. The van der Waals surface area contributed by atoms with Crippen LogP contribution in [0, 0.1) is 0 Å². The topological polar surface area (TPSA) is 83.5 Å². The van der Waals surface area contributed by atoms with Gasteiger partial charge in [-0.3, -0.25) is 4.72 Å². The molecule has 4 aromatic rings. The molecule has 0 heterocycles. The van der Waals surface area contributed by atoms with Gasteiger partial charge in [0.2, 0.25) is 0 Å². The van der Waals surface area contributed by atoms with Crippen LogP contribution in [0.15, 0.2) is 108 Å². The third kappa shape index (κ3) is 5.71. The average molecular weight is 472 g/mol. The second-order valence-electron chi connectivity index (χ2n) is 8.01. The first-order valence-corrected chi connectivity index (χ1v) is 12.5. The SMILES string of the molecule is O=C(O)c1cccc(CCCc2ccccc2NS(=O)(=O)c2ccc(-c3ccccc3)cc2)c1. The van der Waals surface area contributed by atoms with E-state index < -0.39 is 16.0 Å². The molecule has 0 spiro atoms. The van der Waals surface area contributed by atoms with E-state index in [0.29, 0.717) is 18.5 Å². The van der Waals surface area contributed by atoms with Crippen LogP contribution in [0.5, 0.6) is 0 Å². The van der Waals surface area contributed by atoms with Gasteiger partial charge in [-0.15, -0.1) is 0 Å². The van der Waals surface area contributed by atoms with Gasteiger partial charge < -0.3 is 5.11 Å². The zero-order valence-corrected chi connectivity index (χ0v) is 19.3. The van der Waals surface area contributed by atoms with Crippen molar-refractivity contribution in [2.24, 2.45) is 0 Å². The van der Waals surface area contributed by atoms with Crippen LogP contribution in [0.4, 0.5) is 5.69 Å². The Morgan fingerprint density at radius 2 is 1.41 bits per heavy atom. The molecule has 0 aliphatic heterocycles. The van der Waals surface area contributed by atoms with Gasteiger partial charge >= 0.3 is 5.97 Å². The third-order valence-electron chi connectivity index (χ3n) is 5.62. The Kier molecular flexibility index (Phi) is 7.09. The van der Waals surface area contributed by atoms with Crippen molar-refractivity contribution in [3.05, 3.63) is 120 Å². The summed E-state index contributed by atoms with van der Waals surface area (Å²) in [6.07, 6.45) is 2.11. The maximum atomic E-state index is 13.0. The molecule has 4 rings (SSSR count). The molecule has 0 radical (unpaired) electrons. The van der Waals surface area contributed by atoms with Crippen molar-refractivity contribution in [2.75, 3.05) is 4.72 Å². The van der Waals surface area contributed by atoms with Crippen molar-refractivity contribution in [3.63, 3.8) is 0 Å².